The van der Waals surface area contributed by atoms with Crippen molar-refractivity contribution < 1.29 is 9.90 Å². The van der Waals surface area contributed by atoms with E-state index in [0.29, 0.717) is 13.1 Å². The third kappa shape index (κ3) is 7.46. The number of carbonyl (C=O) groups is 1. The first kappa shape index (κ1) is 18.5. The Morgan fingerprint density at radius 2 is 1.77 bits per heavy atom. The van der Waals surface area contributed by atoms with Gasteiger partial charge in [-0.2, -0.15) is 0 Å². The van der Waals surface area contributed by atoms with Crippen molar-refractivity contribution in [1.82, 2.24) is 4.90 Å². The number of carbonyl (C=O) groups excluding carboxylic acids is 1. The zero-order chi connectivity index (χ0) is 16.4. The van der Waals surface area contributed by atoms with Crippen LogP contribution in [0.1, 0.15) is 45.1 Å². The predicted molar refractivity (Wildman–Crippen MR) is 90.6 cm³/mol. The Balaban J connectivity index is 2.26. The highest BCUT2D eigenvalue weighted by atomic mass is 16.3. The fraction of sp³-hybridized carbons (Fsp3) is 0.611. The van der Waals surface area contributed by atoms with E-state index >= 15 is 0 Å². The van der Waals surface area contributed by atoms with Crippen molar-refractivity contribution in [3.05, 3.63) is 35.9 Å². The van der Waals surface area contributed by atoms with Crippen LogP contribution in [0.5, 0.6) is 0 Å². The maximum Gasteiger partial charge on any atom is 0.314 e. The predicted octanol–water partition coefficient (Wildman–Crippen LogP) is 3.19. The highest BCUT2D eigenvalue weighted by Crippen LogP contribution is 2.22. The van der Waals surface area contributed by atoms with Crippen LogP contribution in [0.25, 0.3) is 0 Å². The Hall–Kier alpha value is -1.55. The van der Waals surface area contributed by atoms with Crippen molar-refractivity contribution in [2.24, 2.45) is 11.1 Å². The van der Waals surface area contributed by atoms with Crippen molar-refractivity contribution in [2.45, 2.75) is 46.0 Å². The Kier molecular flexibility index (Phi) is 7.96. The lowest BCUT2D eigenvalue weighted by molar-refractivity contribution is 0.145. The molecule has 4 heteroatoms. The van der Waals surface area contributed by atoms with Crippen molar-refractivity contribution in [3.8, 4) is 0 Å². The van der Waals surface area contributed by atoms with Gasteiger partial charge in [-0.1, -0.05) is 50.6 Å². The Bertz CT molecular complexity index is 432. The topological polar surface area (TPSA) is 66.6 Å². The van der Waals surface area contributed by atoms with Crippen LogP contribution in [0.2, 0.25) is 0 Å². The maximum atomic E-state index is 11.5. The molecule has 0 saturated carbocycles. The second kappa shape index (κ2) is 9.46. The monoisotopic (exact) mass is 306 g/mol. The Labute approximate surface area is 134 Å². The lowest BCUT2D eigenvalue weighted by Gasteiger charge is -2.23. The molecule has 1 rings (SSSR count). The number of amides is 2. The van der Waals surface area contributed by atoms with Gasteiger partial charge in [0, 0.05) is 19.7 Å². The first-order chi connectivity index (χ1) is 10.4. The number of hydrogen-bond acceptors (Lipinski definition) is 2. The molecule has 3 N–H and O–H groups in total. The highest BCUT2D eigenvalue weighted by molar-refractivity contribution is 5.71. The molecule has 0 bridgehead atoms. The first-order valence-electron chi connectivity index (χ1n) is 8.14. The van der Waals surface area contributed by atoms with E-state index < -0.39 is 0 Å². The molecule has 1 aromatic rings. The number of aliphatic hydroxyl groups is 1. The molecule has 0 aliphatic rings. The van der Waals surface area contributed by atoms with Crippen molar-refractivity contribution >= 4 is 6.03 Å². The molecule has 0 spiro atoms. The summed E-state index contributed by atoms with van der Waals surface area (Å²) in [5.41, 5.74) is 6.71. The molecule has 1 aromatic carbocycles. The van der Waals surface area contributed by atoms with Gasteiger partial charge in [0.1, 0.15) is 0 Å². The number of primary amides is 1. The number of hydrogen-bond donors (Lipinski definition) is 2. The SMILES string of the molecule is CC(C)(CO)CCCCN(CCCc1ccccc1)C(N)=O. The fourth-order valence-corrected chi connectivity index (χ4v) is 2.44. The summed E-state index contributed by atoms with van der Waals surface area (Å²) in [5, 5.41) is 9.23. The summed E-state index contributed by atoms with van der Waals surface area (Å²) in [5.74, 6) is 0. The molecular weight excluding hydrogens is 276 g/mol. The highest BCUT2D eigenvalue weighted by Gasteiger charge is 2.16. The minimum Gasteiger partial charge on any atom is -0.396 e. The summed E-state index contributed by atoms with van der Waals surface area (Å²) in [6, 6.07) is 9.94. The van der Waals surface area contributed by atoms with Crippen molar-refractivity contribution in [3.63, 3.8) is 0 Å². The van der Waals surface area contributed by atoms with Crippen LogP contribution in [0, 0.1) is 5.41 Å². The molecule has 4 nitrogen and oxygen atoms in total. The summed E-state index contributed by atoms with van der Waals surface area (Å²) in [6.45, 7) is 5.71. The molecule has 0 heterocycles. The van der Waals surface area contributed by atoms with Gasteiger partial charge in [0.15, 0.2) is 0 Å². The van der Waals surface area contributed by atoms with Crippen molar-refractivity contribution in [2.75, 3.05) is 19.7 Å². The number of rotatable bonds is 10. The van der Waals surface area contributed by atoms with E-state index in [2.05, 4.69) is 26.0 Å². The van der Waals surface area contributed by atoms with E-state index in [1.54, 1.807) is 4.90 Å². The minimum atomic E-state index is -0.338. The zero-order valence-electron chi connectivity index (χ0n) is 13.9. The van der Waals surface area contributed by atoms with E-state index in [1.807, 2.05) is 18.2 Å². The number of unbranched alkanes of at least 4 members (excludes halogenated alkanes) is 1. The van der Waals surface area contributed by atoms with Gasteiger partial charge in [-0.3, -0.25) is 0 Å². The second-order valence-electron chi connectivity index (χ2n) is 6.69. The molecule has 22 heavy (non-hydrogen) atoms. The largest absolute Gasteiger partial charge is 0.396 e. The molecule has 2 amide bonds. The summed E-state index contributed by atoms with van der Waals surface area (Å²) >= 11 is 0. The van der Waals surface area contributed by atoms with E-state index in [-0.39, 0.29) is 18.1 Å². The van der Waals surface area contributed by atoms with Gasteiger partial charge < -0.3 is 15.7 Å². The van der Waals surface area contributed by atoms with Crippen LogP contribution in [0.3, 0.4) is 0 Å². The molecule has 0 aliphatic heterocycles. The molecule has 0 unspecified atom stereocenters. The van der Waals surface area contributed by atoms with Gasteiger partial charge in [0.25, 0.3) is 0 Å². The minimum absolute atomic E-state index is 0.0368. The lowest BCUT2D eigenvalue weighted by Crippen LogP contribution is -2.37. The summed E-state index contributed by atoms with van der Waals surface area (Å²) < 4.78 is 0. The van der Waals surface area contributed by atoms with E-state index in [4.69, 9.17) is 5.73 Å². The Morgan fingerprint density at radius 1 is 1.14 bits per heavy atom. The molecular formula is C18H30N2O2. The number of nitrogens with zero attached hydrogens (tertiary/aromatic N) is 1. The fourth-order valence-electron chi connectivity index (χ4n) is 2.44. The first-order valence-corrected chi connectivity index (χ1v) is 8.14. The van der Waals surface area contributed by atoms with Gasteiger partial charge in [0.2, 0.25) is 0 Å². The van der Waals surface area contributed by atoms with Gasteiger partial charge in [-0.25, -0.2) is 4.79 Å². The third-order valence-electron chi connectivity index (χ3n) is 4.01. The maximum absolute atomic E-state index is 11.5. The number of nitrogens with two attached hydrogens (primary N) is 1. The van der Waals surface area contributed by atoms with Gasteiger partial charge in [-0.15, -0.1) is 0 Å². The smallest absolute Gasteiger partial charge is 0.314 e. The van der Waals surface area contributed by atoms with Crippen LogP contribution >= 0.6 is 0 Å². The lowest BCUT2D eigenvalue weighted by atomic mass is 9.88. The summed E-state index contributed by atoms with van der Waals surface area (Å²) in [7, 11) is 0. The van der Waals surface area contributed by atoms with Crippen LogP contribution in [-0.4, -0.2) is 35.7 Å². The normalized spacial score (nSPS) is 11.4. The molecule has 0 atom stereocenters. The van der Waals surface area contributed by atoms with E-state index in [9.17, 15) is 9.90 Å². The molecule has 0 aromatic heterocycles. The summed E-state index contributed by atoms with van der Waals surface area (Å²) in [4.78, 5) is 13.2. The molecule has 124 valence electrons. The van der Waals surface area contributed by atoms with Crippen molar-refractivity contribution in [1.29, 1.82) is 0 Å². The van der Waals surface area contributed by atoms with Crippen LogP contribution < -0.4 is 5.73 Å². The molecule has 0 saturated heterocycles. The average molecular weight is 306 g/mol. The number of urea groups is 1. The van der Waals surface area contributed by atoms with E-state index in [1.165, 1.54) is 5.56 Å². The quantitative estimate of drug-likeness (QED) is 0.652. The molecule has 0 radical (unpaired) electrons. The van der Waals surface area contributed by atoms with Crippen LogP contribution in [0.15, 0.2) is 30.3 Å². The van der Waals surface area contributed by atoms with Gasteiger partial charge in [0.05, 0.1) is 0 Å². The summed E-state index contributed by atoms with van der Waals surface area (Å²) in [6.07, 6.45) is 4.77. The zero-order valence-corrected chi connectivity index (χ0v) is 13.9. The number of aliphatic hydroxyl groups excluding tert-OH is 1. The Morgan fingerprint density at radius 3 is 2.36 bits per heavy atom. The van der Waals surface area contributed by atoms with E-state index in [0.717, 1.165) is 32.1 Å². The average Bonchev–Trinajstić information content (AvgIpc) is 2.50. The van der Waals surface area contributed by atoms with Gasteiger partial charge in [-0.05, 0) is 36.7 Å². The third-order valence-corrected chi connectivity index (χ3v) is 4.01. The molecule has 0 fully saturated rings. The second-order valence-corrected chi connectivity index (χ2v) is 6.69. The van der Waals surface area contributed by atoms with Gasteiger partial charge >= 0.3 is 6.03 Å². The molecule has 0 aliphatic carbocycles. The van der Waals surface area contributed by atoms with Crippen LogP contribution in [-0.2, 0) is 6.42 Å². The standard InChI is InChI=1S/C18H30N2O2/c1-18(2,15-21)12-6-7-13-20(17(19)22)14-8-11-16-9-4-3-5-10-16/h3-5,9-10,21H,6-8,11-15H2,1-2H3,(H2,19,22). The number of aryl methyl sites for hydroxylation is 1. The number of benzene rings is 1. The van der Waals surface area contributed by atoms with Crippen LogP contribution in [0.4, 0.5) is 4.79 Å².